The number of nitrogens with one attached hydrogen (secondary N) is 1. The molecule has 8 heteroatoms. The summed E-state index contributed by atoms with van der Waals surface area (Å²) in [4.78, 5) is 9.40. The number of thiocarbonyl (C=S) groups is 1. The molecule has 2 aromatic heterocycles. The lowest BCUT2D eigenvalue weighted by molar-refractivity contribution is 0.357. The normalized spacial score (nSPS) is 22.7. The Hall–Kier alpha value is -2.87. The molecule has 1 N–H and O–H groups in total. The molecular weight excluding hydrogens is 614 g/mol. The zero-order chi connectivity index (χ0) is 28.8. The molecule has 4 aromatic rings. The van der Waals surface area contributed by atoms with E-state index in [9.17, 15) is 0 Å². The van der Waals surface area contributed by atoms with E-state index in [0.717, 1.165) is 45.3 Å². The molecule has 0 spiro atoms. The molecule has 2 aliphatic heterocycles. The first-order chi connectivity index (χ1) is 19.7. The number of piperidine rings is 1. The quantitative estimate of drug-likeness (QED) is 0.220. The van der Waals surface area contributed by atoms with E-state index in [-0.39, 0.29) is 12.1 Å². The topological polar surface area (TPSA) is 36.3 Å². The van der Waals surface area contributed by atoms with E-state index in [1.165, 1.54) is 23.4 Å². The van der Waals surface area contributed by atoms with Gasteiger partial charge in [0, 0.05) is 46.5 Å². The molecule has 2 aliphatic rings. The van der Waals surface area contributed by atoms with Crippen molar-refractivity contribution >= 4 is 56.2 Å². The fourth-order valence-corrected chi connectivity index (χ4v) is 7.69. The highest BCUT2D eigenvalue weighted by Gasteiger charge is 2.42. The van der Waals surface area contributed by atoms with Gasteiger partial charge in [0.05, 0.1) is 28.5 Å². The molecule has 2 saturated heterocycles. The lowest BCUT2D eigenvalue weighted by Gasteiger charge is -2.37. The standard InChI is InChI=1S/C33H35BrClN5S/c1-20-15-21(2)19-38(18-20)30-13-12-26(17-28(30)35)40-32(31(37-33(40)41)29-7-5-6-14-36-29)27-16-22(3)39(23(27)4)25-10-8-24(34)9-11-25/h5-14,16-17,20-21,31-32H,15,18-19H2,1-4H3,(H,37,41)/t20-,21+,31-,32+/m1/s1. The van der Waals surface area contributed by atoms with E-state index in [2.05, 4.69) is 118 Å². The minimum Gasteiger partial charge on any atom is -0.370 e. The van der Waals surface area contributed by atoms with Gasteiger partial charge in [-0.1, -0.05) is 47.4 Å². The van der Waals surface area contributed by atoms with E-state index >= 15 is 0 Å². The number of halogens is 2. The average molecular weight is 649 g/mol. The van der Waals surface area contributed by atoms with Gasteiger partial charge in [0.1, 0.15) is 0 Å². The molecule has 0 aliphatic carbocycles. The maximum Gasteiger partial charge on any atom is 0.174 e. The predicted molar refractivity (Wildman–Crippen MR) is 177 cm³/mol. The second-order valence-corrected chi connectivity index (χ2v) is 13.3. The third-order valence-electron chi connectivity index (χ3n) is 8.39. The van der Waals surface area contributed by atoms with Gasteiger partial charge in [0.15, 0.2) is 5.11 Å². The minimum absolute atomic E-state index is 0.107. The van der Waals surface area contributed by atoms with Gasteiger partial charge in [-0.3, -0.25) is 4.98 Å². The van der Waals surface area contributed by atoms with Crippen molar-refractivity contribution in [3.8, 4) is 5.69 Å². The first-order valence-electron chi connectivity index (χ1n) is 14.2. The van der Waals surface area contributed by atoms with Gasteiger partial charge in [-0.2, -0.15) is 0 Å². The summed E-state index contributed by atoms with van der Waals surface area (Å²) in [5, 5.41) is 5.03. The highest BCUT2D eigenvalue weighted by Crippen LogP contribution is 2.45. The first-order valence-corrected chi connectivity index (χ1v) is 15.8. The first kappa shape index (κ1) is 28.3. The second kappa shape index (κ2) is 11.4. The molecule has 0 radical (unpaired) electrons. The number of nitrogens with zero attached hydrogens (tertiary/aromatic N) is 4. The number of aromatic nitrogens is 2. The van der Waals surface area contributed by atoms with Gasteiger partial charge in [-0.05, 0) is 111 Å². The smallest absolute Gasteiger partial charge is 0.174 e. The van der Waals surface area contributed by atoms with Crippen molar-refractivity contribution in [2.75, 3.05) is 22.9 Å². The van der Waals surface area contributed by atoms with Crippen LogP contribution in [0, 0.1) is 25.7 Å². The molecular formula is C33H35BrClN5S. The summed E-state index contributed by atoms with van der Waals surface area (Å²) in [5.74, 6) is 1.30. The molecule has 4 atom stereocenters. The zero-order valence-corrected chi connectivity index (χ0v) is 27.0. The summed E-state index contributed by atoms with van der Waals surface area (Å²) in [6.07, 6.45) is 3.10. The molecule has 0 saturated carbocycles. The van der Waals surface area contributed by atoms with Crippen molar-refractivity contribution in [2.45, 2.75) is 46.2 Å². The number of hydrogen-bond acceptors (Lipinski definition) is 3. The van der Waals surface area contributed by atoms with Gasteiger partial charge in [-0.15, -0.1) is 0 Å². The Morgan fingerprint density at radius 1 is 0.951 bits per heavy atom. The lowest BCUT2D eigenvalue weighted by atomic mass is 9.91. The zero-order valence-electron chi connectivity index (χ0n) is 23.8. The molecule has 41 heavy (non-hydrogen) atoms. The molecule has 0 unspecified atom stereocenters. The summed E-state index contributed by atoms with van der Waals surface area (Å²) in [7, 11) is 0. The maximum absolute atomic E-state index is 7.03. The Balaban J connectivity index is 1.44. The molecule has 0 amide bonds. The maximum atomic E-state index is 7.03. The van der Waals surface area contributed by atoms with Crippen molar-refractivity contribution in [1.29, 1.82) is 0 Å². The van der Waals surface area contributed by atoms with Crippen LogP contribution in [0.4, 0.5) is 11.4 Å². The van der Waals surface area contributed by atoms with E-state index in [1.54, 1.807) is 0 Å². The Labute approximate surface area is 261 Å². The number of anilines is 2. The van der Waals surface area contributed by atoms with Crippen LogP contribution in [0.2, 0.25) is 5.02 Å². The molecule has 6 rings (SSSR count). The Morgan fingerprint density at radius 2 is 1.66 bits per heavy atom. The number of benzene rings is 2. The van der Waals surface area contributed by atoms with E-state index in [0.29, 0.717) is 16.9 Å². The Kier molecular flexibility index (Phi) is 7.88. The highest BCUT2D eigenvalue weighted by atomic mass is 79.9. The minimum atomic E-state index is -0.121. The third-order valence-corrected chi connectivity index (χ3v) is 9.54. The van der Waals surface area contributed by atoms with Gasteiger partial charge in [0.2, 0.25) is 0 Å². The molecule has 5 nitrogen and oxygen atoms in total. The van der Waals surface area contributed by atoms with Crippen molar-refractivity contribution in [2.24, 2.45) is 11.8 Å². The largest absolute Gasteiger partial charge is 0.370 e. The predicted octanol–water partition coefficient (Wildman–Crippen LogP) is 8.56. The third kappa shape index (κ3) is 5.40. The van der Waals surface area contributed by atoms with Crippen molar-refractivity contribution < 1.29 is 0 Å². The fraction of sp³-hybridized carbons (Fsp3) is 0.333. The molecule has 212 valence electrons. The molecule has 4 heterocycles. The molecule has 2 fully saturated rings. The Morgan fingerprint density at radius 3 is 2.32 bits per heavy atom. The molecule has 0 bridgehead atoms. The summed E-state index contributed by atoms with van der Waals surface area (Å²) < 4.78 is 3.37. The van der Waals surface area contributed by atoms with E-state index < -0.39 is 0 Å². The van der Waals surface area contributed by atoms with Crippen LogP contribution in [0.25, 0.3) is 5.69 Å². The van der Waals surface area contributed by atoms with Gasteiger partial charge in [0.25, 0.3) is 0 Å². The number of rotatable bonds is 5. The summed E-state index contributed by atoms with van der Waals surface area (Å²) >= 11 is 16.6. The number of hydrogen-bond donors (Lipinski definition) is 1. The number of pyridine rings is 1. The molecule has 2 aromatic carbocycles. The van der Waals surface area contributed by atoms with Crippen LogP contribution in [-0.4, -0.2) is 27.8 Å². The average Bonchev–Trinajstić information content (AvgIpc) is 3.44. The van der Waals surface area contributed by atoms with Gasteiger partial charge < -0.3 is 19.7 Å². The summed E-state index contributed by atoms with van der Waals surface area (Å²) in [6, 6.07) is 23.0. The van der Waals surface area contributed by atoms with Crippen LogP contribution >= 0.6 is 39.7 Å². The highest BCUT2D eigenvalue weighted by molar-refractivity contribution is 9.10. The van der Waals surface area contributed by atoms with Crippen molar-refractivity contribution in [3.63, 3.8) is 0 Å². The van der Waals surface area contributed by atoms with Gasteiger partial charge in [-0.25, -0.2) is 0 Å². The van der Waals surface area contributed by atoms with Crippen molar-refractivity contribution in [1.82, 2.24) is 14.9 Å². The van der Waals surface area contributed by atoms with Crippen LogP contribution < -0.4 is 15.1 Å². The monoisotopic (exact) mass is 647 g/mol. The van der Waals surface area contributed by atoms with E-state index in [4.69, 9.17) is 28.8 Å². The van der Waals surface area contributed by atoms with Crippen LogP contribution in [0.5, 0.6) is 0 Å². The van der Waals surface area contributed by atoms with E-state index in [1.807, 2.05) is 18.3 Å². The summed E-state index contributed by atoms with van der Waals surface area (Å²) in [5.41, 5.74) is 7.69. The SMILES string of the molecule is Cc1cc([C@H]2[C@@H](c3ccccn3)NC(=S)N2c2ccc(N3C[C@H](C)C[C@H](C)C3)c(Cl)c2)c(C)n1-c1ccc(Br)cc1. The van der Waals surface area contributed by atoms with Crippen LogP contribution in [0.3, 0.4) is 0 Å². The number of aryl methyl sites for hydroxylation is 1. The van der Waals surface area contributed by atoms with Crippen LogP contribution in [0.15, 0.2) is 77.4 Å². The fourth-order valence-electron chi connectivity index (χ4n) is 6.79. The van der Waals surface area contributed by atoms with Crippen molar-refractivity contribution in [3.05, 3.63) is 105 Å². The summed E-state index contributed by atoms with van der Waals surface area (Å²) in [6.45, 7) is 11.1. The Bertz CT molecular complexity index is 1560. The van der Waals surface area contributed by atoms with Crippen LogP contribution in [-0.2, 0) is 0 Å². The van der Waals surface area contributed by atoms with Gasteiger partial charge >= 0.3 is 0 Å². The lowest BCUT2D eigenvalue weighted by Crippen LogP contribution is -2.38. The van der Waals surface area contributed by atoms with Crippen LogP contribution in [0.1, 0.15) is 55.0 Å². The second-order valence-electron chi connectivity index (χ2n) is 11.6.